The summed E-state index contributed by atoms with van der Waals surface area (Å²) < 4.78 is 40.8. The lowest BCUT2D eigenvalue weighted by Gasteiger charge is -2.11. The number of alkyl halides is 3. The van der Waals surface area contributed by atoms with Crippen molar-refractivity contribution in [3.8, 4) is 17.0 Å². The van der Waals surface area contributed by atoms with Crippen molar-refractivity contribution in [1.82, 2.24) is 9.97 Å². The zero-order valence-corrected chi connectivity index (χ0v) is 18.1. The van der Waals surface area contributed by atoms with Crippen LogP contribution in [0, 0.1) is 6.92 Å². The Morgan fingerprint density at radius 2 is 1.71 bits per heavy atom. The van der Waals surface area contributed by atoms with Crippen LogP contribution < -0.4 is 10.1 Å². The minimum atomic E-state index is -4.77. The molecule has 1 amide bonds. The first-order valence-electron chi connectivity index (χ1n) is 10.4. The topological polar surface area (TPSA) is 64.1 Å². The number of ether oxygens (including phenoxy) is 1. The molecule has 5 nitrogen and oxygen atoms in total. The molecule has 0 saturated heterocycles. The van der Waals surface area contributed by atoms with Crippen molar-refractivity contribution in [1.29, 1.82) is 0 Å². The SMILES string of the molecule is Cc1ccc(C(=O)Nc2ccc(OC(F)(F)F)cc2)cc1Cc1nccc(-c2ccccc2)n1. The average molecular weight is 463 g/mol. The van der Waals surface area contributed by atoms with Gasteiger partial charge in [-0.1, -0.05) is 36.4 Å². The van der Waals surface area contributed by atoms with Gasteiger partial charge in [0, 0.05) is 29.4 Å². The largest absolute Gasteiger partial charge is 0.573 e. The lowest BCUT2D eigenvalue weighted by Crippen LogP contribution is -2.17. The molecule has 0 atom stereocenters. The molecule has 1 heterocycles. The van der Waals surface area contributed by atoms with Gasteiger partial charge in [0.05, 0.1) is 5.69 Å². The van der Waals surface area contributed by atoms with Crippen LogP contribution >= 0.6 is 0 Å². The lowest BCUT2D eigenvalue weighted by molar-refractivity contribution is -0.274. The predicted octanol–water partition coefficient (Wildman–Crippen LogP) is 6.19. The third kappa shape index (κ3) is 5.98. The molecule has 34 heavy (non-hydrogen) atoms. The third-order valence-electron chi connectivity index (χ3n) is 5.08. The van der Waals surface area contributed by atoms with Gasteiger partial charge in [0.25, 0.3) is 5.91 Å². The number of carbonyl (C=O) groups excluding carboxylic acids is 1. The maximum atomic E-state index is 12.7. The minimum absolute atomic E-state index is 0.348. The molecule has 0 radical (unpaired) electrons. The van der Waals surface area contributed by atoms with Gasteiger partial charge in [-0.2, -0.15) is 0 Å². The number of hydrogen-bond donors (Lipinski definition) is 1. The summed E-state index contributed by atoms with van der Waals surface area (Å²) >= 11 is 0. The zero-order valence-electron chi connectivity index (χ0n) is 18.1. The highest BCUT2D eigenvalue weighted by Gasteiger charge is 2.31. The van der Waals surface area contributed by atoms with Crippen LogP contribution in [0.2, 0.25) is 0 Å². The minimum Gasteiger partial charge on any atom is -0.406 e. The summed E-state index contributed by atoms with van der Waals surface area (Å²) in [6.07, 6.45) is -2.62. The van der Waals surface area contributed by atoms with E-state index in [4.69, 9.17) is 0 Å². The molecule has 0 aliphatic carbocycles. The fourth-order valence-electron chi connectivity index (χ4n) is 3.37. The van der Waals surface area contributed by atoms with E-state index in [9.17, 15) is 18.0 Å². The summed E-state index contributed by atoms with van der Waals surface area (Å²) in [6, 6.07) is 21.9. The molecule has 0 aliphatic heterocycles. The molecule has 0 fully saturated rings. The molecule has 0 bridgehead atoms. The standard InChI is InChI=1S/C26H20F3N3O2/c1-17-7-8-19(25(33)31-21-9-11-22(12-10-21)34-26(27,28)29)15-20(17)16-24-30-14-13-23(32-24)18-5-3-2-4-6-18/h2-15H,16H2,1H3,(H,31,33). The van der Waals surface area contributed by atoms with Crippen LogP contribution in [0.5, 0.6) is 5.75 Å². The molecule has 0 unspecified atom stereocenters. The summed E-state index contributed by atoms with van der Waals surface area (Å²) in [5, 5.41) is 2.68. The van der Waals surface area contributed by atoms with Crippen LogP contribution in [-0.4, -0.2) is 22.2 Å². The van der Waals surface area contributed by atoms with E-state index < -0.39 is 6.36 Å². The van der Waals surface area contributed by atoms with Gasteiger partial charge in [0.1, 0.15) is 11.6 Å². The van der Waals surface area contributed by atoms with Crippen LogP contribution in [0.3, 0.4) is 0 Å². The summed E-state index contributed by atoms with van der Waals surface area (Å²) in [6.45, 7) is 1.94. The van der Waals surface area contributed by atoms with E-state index >= 15 is 0 Å². The molecule has 4 aromatic rings. The monoisotopic (exact) mass is 463 g/mol. The molecule has 172 valence electrons. The van der Waals surface area contributed by atoms with Crippen LogP contribution in [0.25, 0.3) is 11.3 Å². The van der Waals surface area contributed by atoms with Crippen LogP contribution in [0.4, 0.5) is 18.9 Å². The quantitative estimate of drug-likeness (QED) is 0.370. The highest BCUT2D eigenvalue weighted by atomic mass is 19.4. The molecular weight excluding hydrogens is 443 g/mol. The smallest absolute Gasteiger partial charge is 0.406 e. The van der Waals surface area contributed by atoms with E-state index in [2.05, 4.69) is 20.0 Å². The van der Waals surface area contributed by atoms with E-state index in [1.165, 1.54) is 12.1 Å². The highest BCUT2D eigenvalue weighted by molar-refractivity contribution is 6.04. The fourth-order valence-corrected chi connectivity index (χ4v) is 3.37. The van der Waals surface area contributed by atoms with Crippen LogP contribution in [0.15, 0.2) is 85.1 Å². The molecule has 1 N–H and O–H groups in total. The molecule has 0 aliphatic rings. The number of carbonyl (C=O) groups is 1. The van der Waals surface area contributed by atoms with E-state index in [0.29, 0.717) is 23.5 Å². The average Bonchev–Trinajstić information content (AvgIpc) is 2.81. The van der Waals surface area contributed by atoms with Gasteiger partial charge in [-0.3, -0.25) is 4.79 Å². The van der Waals surface area contributed by atoms with Crippen molar-refractivity contribution in [3.63, 3.8) is 0 Å². The van der Waals surface area contributed by atoms with Crippen molar-refractivity contribution in [3.05, 3.63) is 108 Å². The molecule has 0 saturated carbocycles. The van der Waals surface area contributed by atoms with Gasteiger partial charge >= 0.3 is 6.36 Å². The number of amides is 1. The van der Waals surface area contributed by atoms with Crippen molar-refractivity contribution >= 4 is 11.6 Å². The number of benzene rings is 3. The Hall–Kier alpha value is -4.20. The molecule has 4 rings (SSSR count). The van der Waals surface area contributed by atoms with Crippen LogP contribution in [-0.2, 0) is 6.42 Å². The second kappa shape index (κ2) is 9.74. The van der Waals surface area contributed by atoms with Gasteiger partial charge in [-0.15, -0.1) is 13.2 Å². The molecule has 1 aromatic heterocycles. The number of anilines is 1. The van der Waals surface area contributed by atoms with Crippen molar-refractivity contribution in [2.45, 2.75) is 19.7 Å². The number of rotatable bonds is 6. The zero-order chi connectivity index (χ0) is 24.1. The lowest BCUT2D eigenvalue weighted by atomic mass is 10.0. The summed E-state index contributed by atoms with van der Waals surface area (Å²) in [5.74, 6) is -0.118. The molecular formula is C26H20F3N3O2. The third-order valence-corrected chi connectivity index (χ3v) is 5.08. The second-order valence-corrected chi connectivity index (χ2v) is 7.57. The fraction of sp³-hybridized carbons (Fsp3) is 0.115. The van der Waals surface area contributed by atoms with Crippen molar-refractivity contribution in [2.24, 2.45) is 0 Å². The Kier molecular flexibility index (Phi) is 6.58. The highest BCUT2D eigenvalue weighted by Crippen LogP contribution is 2.24. The summed E-state index contributed by atoms with van der Waals surface area (Å²) in [4.78, 5) is 21.8. The summed E-state index contributed by atoms with van der Waals surface area (Å²) in [5.41, 5.74) is 4.44. The Labute approximate surface area is 194 Å². The van der Waals surface area contributed by atoms with Gasteiger partial charge in [-0.25, -0.2) is 9.97 Å². The second-order valence-electron chi connectivity index (χ2n) is 7.57. The Morgan fingerprint density at radius 1 is 0.971 bits per heavy atom. The molecule has 8 heteroatoms. The number of aromatic nitrogens is 2. The number of aryl methyl sites for hydroxylation is 1. The first-order chi connectivity index (χ1) is 16.3. The number of nitrogens with zero attached hydrogens (tertiary/aromatic N) is 2. The van der Waals surface area contributed by atoms with E-state index in [0.717, 1.165) is 34.5 Å². The maximum Gasteiger partial charge on any atom is 0.573 e. The molecule has 0 spiro atoms. The van der Waals surface area contributed by atoms with E-state index in [-0.39, 0.29) is 11.7 Å². The number of nitrogens with one attached hydrogen (secondary N) is 1. The van der Waals surface area contributed by atoms with Crippen molar-refractivity contribution in [2.75, 3.05) is 5.32 Å². The van der Waals surface area contributed by atoms with E-state index in [1.807, 2.05) is 49.4 Å². The first kappa shape index (κ1) is 23.0. The molecule has 3 aromatic carbocycles. The first-order valence-corrected chi connectivity index (χ1v) is 10.4. The number of hydrogen-bond acceptors (Lipinski definition) is 4. The van der Waals surface area contributed by atoms with Gasteiger partial charge in [0.15, 0.2) is 0 Å². The Bertz CT molecular complexity index is 1290. The Morgan fingerprint density at radius 3 is 2.41 bits per heavy atom. The van der Waals surface area contributed by atoms with Crippen LogP contribution in [0.1, 0.15) is 27.3 Å². The maximum absolute atomic E-state index is 12.7. The van der Waals surface area contributed by atoms with E-state index in [1.54, 1.807) is 18.3 Å². The predicted molar refractivity (Wildman–Crippen MR) is 123 cm³/mol. The van der Waals surface area contributed by atoms with Gasteiger partial charge in [0.2, 0.25) is 0 Å². The van der Waals surface area contributed by atoms with Gasteiger partial charge < -0.3 is 10.1 Å². The number of halogens is 3. The van der Waals surface area contributed by atoms with Crippen molar-refractivity contribution < 1.29 is 22.7 Å². The Balaban J connectivity index is 1.48. The normalized spacial score (nSPS) is 11.2. The summed E-state index contributed by atoms with van der Waals surface area (Å²) in [7, 11) is 0. The van der Waals surface area contributed by atoms with Gasteiger partial charge in [-0.05, 0) is 60.5 Å².